The highest BCUT2D eigenvalue weighted by Gasteiger charge is 2.31. The average molecular weight is 253 g/mol. The molecule has 0 heterocycles. The molecule has 4 N–H and O–H groups in total. The van der Waals surface area contributed by atoms with Gasteiger partial charge in [0.05, 0.1) is 5.54 Å². The maximum absolute atomic E-state index is 12.0. The average Bonchev–Trinajstić information content (AvgIpc) is 2.28. The van der Waals surface area contributed by atoms with E-state index in [0.29, 0.717) is 12.6 Å². The molecule has 2 fully saturated rings. The van der Waals surface area contributed by atoms with Crippen LogP contribution in [0.2, 0.25) is 0 Å². The molecule has 0 atom stereocenters. The van der Waals surface area contributed by atoms with Crippen LogP contribution in [-0.2, 0) is 0 Å². The van der Waals surface area contributed by atoms with Crippen LogP contribution in [0.15, 0.2) is 0 Å². The SMILES string of the molecule is NCC1(NC(=O)NC2CCC2)CCCCCCC1. The van der Waals surface area contributed by atoms with Gasteiger partial charge in [0.25, 0.3) is 0 Å². The Labute approximate surface area is 110 Å². The zero-order chi connectivity index (χ0) is 12.8. The summed E-state index contributed by atoms with van der Waals surface area (Å²) < 4.78 is 0. The zero-order valence-corrected chi connectivity index (χ0v) is 11.3. The largest absolute Gasteiger partial charge is 0.335 e. The molecule has 0 radical (unpaired) electrons. The van der Waals surface area contributed by atoms with Gasteiger partial charge in [-0.05, 0) is 32.1 Å². The van der Waals surface area contributed by atoms with Crippen molar-refractivity contribution in [3.05, 3.63) is 0 Å². The molecule has 0 spiro atoms. The van der Waals surface area contributed by atoms with Gasteiger partial charge in [0.2, 0.25) is 0 Å². The summed E-state index contributed by atoms with van der Waals surface area (Å²) in [7, 11) is 0. The minimum atomic E-state index is -0.158. The van der Waals surface area contributed by atoms with Crippen LogP contribution in [0.25, 0.3) is 0 Å². The molecule has 18 heavy (non-hydrogen) atoms. The van der Waals surface area contributed by atoms with Crippen molar-refractivity contribution in [1.29, 1.82) is 0 Å². The van der Waals surface area contributed by atoms with Crippen molar-refractivity contribution >= 4 is 6.03 Å². The molecule has 2 saturated carbocycles. The molecule has 2 rings (SSSR count). The van der Waals surface area contributed by atoms with Crippen LogP contribution in [0.5, 0.6) is 0 Å². The molecule has 0 aromatic carbocycles. The van der Waals surface area contributed by atoms with E-state index in [4.69, 9.17) is 5.73 Å². The molecule has 4 nitrogen and oxygen atoms in total. The monoisotopic (exact) mass is 253 g/mol. The molecule has 0 aromatic heterocycles. The second-order valence-corrected chi connectivity index (χ2v) is 5.98. The van der Waals surface area contributed by atoms with Gasteiger partial charge in [-0.1, -0.05) is 32.1 Å². The second kappa shape index (κ2) is 6.41. The lowest BCUT2D eigenvalue weighted by molar-refractivity contribution is 0.201. The van der Waals surface area contributed by atoms with E-state index in [1.165, 1.54) is 38.5 Å². The predicted octanol–water partition coefficient (Wildman–Crippen LogP) is 2.28. The summed E-state index contributed by atoms with van der Waals surface area (Å²) in [4.78, 5) is 12.0. The van der Waals surface area contributed by atoms with Crippen molar-refractivity contribution in [2.24, 2.45) is 5.73 Å². The molecular weight excluding hydrogens is 226 g/mol. The van der Waals surface area contributed by atoms with E-state index < -0.39 is 0 Å². The first-order chi connectivity index (χ1) is 8.74. The fourth-order valence-corrected chi connectivity index (χ4v) is 2.98. The van der Waals surface area contributed by atoms with E-state index in [1.807, 2.05) is 0 Å². The molecule has 4 heteroatoms. The molecule has 0 bridgehead atoms. The summed E-state index contributed by atoms with van der Waals surface area (Å²) in [5.41, 5.74) is 5.78. The summed E-state index contributed by atoms with van der Waals surface area (Å²) in [6.07, 6.45) is 11.8. The Hall–Kier alpha value is -0.770. The third-order valence-corrected chi connectivity index (χ3v) is 4.52. The first-order valence-corrected chi connectivity index (χ1v) is 7.53. The topological polar surface area (TPSA) is 67.1 Å². The van der Waals surface area contributed by atoms with Crippen LogP contribution in [-0.4, -0.2) is 24.2 Å². The summed E-state index contributed by atoms with van der Waals surface area (Å²) in [5, 5.41) is 6.23. The van der Waals surface area contributed by atoms with Crippen molar-refractivity contribution in [3.8, 4) is 0 Å². The van der Waals surface area contributed by atoms with Crippen LogP contribution in [0.3, 0.4) is 0 Å². The number of hydrogen-bond acceptors (Lipinski definition) is 2. The van der Waals surface area contributed by atoms with Crippen molar-refractivity contribution in [2.45, 2.75) is 75.8 Å². The Bertz CT molecular complexity index is 268. The summed E-state index contributed by atoms with van der Waals surface area (Å²) >= 11 is 0. The number of rotatable bonds is 3. The highest BCUT2D eigenvalue weighted by Crippen LogP contribution is 2.26. The second-order valence-electron chi connectivity index (χ2n) is 5.98. The van der Waals surface area contributed by atoms with Gasteiger partial charge in [-0.3, -0.25) is 0 Å². The Morgan fingerprint density at radius 2 is 1.67 bits per heavy atom. The third-order valence-electron chi connectivity index (χ3n) is 4.52. The van der Waals surface area contributed by atoms with Gasteiger partial charge in [0.15, 0.2) is 0 Å². The van der Waals surface area contributed by atoms with E-state index in [-0.39, 0.29) is 11.6 Å². The molecule has 0 aromatic rings. The van der Waals surface area contributed by atoms with Gasteiger partial charge in [0.1, 0.15) is 0 Å². The van der Waals surface area contributed by atoms with Gasteiger partial charge in [0, 0.05) is 12.6 Å². The van der Waals surface area contributed by atoms with E-state index >= 15 is 0 Å². The fraction of sp³-hybridized carbons (Fsp3) is 0.929. The molecule has 0 saturated heterocycles. The standard InChI is InChI=1S/C14H27N3O/c15-11-14(9-4-2-1-3-5-10-14)17-13(18)16-12-7-6-8-12/h12H,1-11,15H2,(H2,16,17,18). The van der Waals surface area contributed by atoms with Crippen LogP contribution >= 0.6 is 0 Å². The lowest BCUT2D eigenvalue weighted by Gasteiger charge is -2.36. The third kappa shape index (κ3) is 3.61. The highest BCUT2D eigenvalue weighted by atomic mass is 16.2. The molecule has 2 aliphatic carbocycles. The maximum Gasteiger partial charge on any atom is 0.315 e. The lowest BCUT2D eigenvalue weighted by Crippen LogP contribution is -2.58. The van der Waals surface area contributed by atoms with E-state index in [2.05, 4.69) is 10.6 Å². The fourth-order valence-electron chi connectivity index (χ4n) is 2.98. The molecule has 104 valence electrons. The molecule has 0 unspecified atom stereocenters. The number of carbonyl (C=O) groups excluding carboxylic acids is 1. The van der Waals surface area contributed by atoms with Gasteiger partial charge in [-0.15, -0.1) is 0 Å². The van der Waals surface area contributed by atoms with Gasteiger partial charge < -0.3 is 16.4 Å². The Balaban J connectivity index is 1.85. The van der Waals surface area contributed by atoms with Crippen LogP contribution < -0.4 is 16.4 Å². The molecule has 0 aliphatic heterocycles. The Morgan fingerprint density at radius 3 is 2.17 bits per heavy atom. The first kappa shape index (κ1) is 13.7. The van der Waals surface area contributed by atoms with Crippen LogP contribution in [0, 0.1) is 0 Å². The number of carbonyl (C=O) groups is 1. The maximum atomic E-state index is 12.0. The van der Waals surface area contributed by atoms with Crippen molar-refractivity contribution in [1.82, 2.24) is 10.6 Å². The lowest BCUT2D eigenvalue weighted by atomic mass is 9.84. The number of nitrogens with one attached hydrogen (secondary N) is 2. The van der Waals surface area contributed by atoms with E-state index in [1.54, 1.807) is 0 Å². The van der Waals surface area contributed by atoms with E-state index in [0.717, 1.165) is 25.7 Å². The smallest absolute Gasteiger partial charge is 0.315 e. The van der Waals surface area contributed by atoms with Crippen molar-refractivity contribution < 1.29 is 4.79 Å². The van der Waals surface area contributed by atoms with E-state index in [9.17, 15) is 4.79 Å². The number of amides is 2. The normalized spacial score (nSPS) is 24.5. The van der Waals surface area contributed by atoms with Gasteiger partial charge in [-0.2, -0.15) is 0 Å². The predicted molar refractivity (Wildman–Crippen MR) is 73.4 cm³/mol. The number of nitrogens with two attached hydrogens (primary N) is 1. The Kier molecular flexibility index (Phi) is 4.87. The molecular formula is C14H27N3O. The molecule has 2 amide bonds. The van der Waals surface area contributed by atoms with Crippen molar-refractivity contribution in [3.63, 3.8) is 0 Å². The zero-order valence-electron chi connectivity index (χ0n) is 11.3. The van der Waals surface area contributed by atoms with Crippen LogP contribution in [0.1, 0.15) is 64.2 Å². The number of urea groups is 1. The quantitative estimate of drug-likeness (QED) is 0.722. The minimum absolute atomic E-state index is 0.00859. The minimum Gasteiger partial charge on any atom is -0.335 e. The summed E-state index contributed by atoms with van der Waals surface area (Å²) in [5.74, 6) is 0. The summed E-state index contributed by atoms with van der Waals surface area (Å²) in [6.45, 7) is 0.561. The van der Waals surface area contributed by atoms with Gasteiger partial charge in [-0.25, -0.2) is 4.79 Å². The van der Waals surface area contributed by atoms with Gasteiger partial charge >= 0.3 is 6.03 Å². The van der Waals surface area contributed by atoms with Crippen LogP contribution in [0.4, 0.5) is 4.79 Å². The summed E-state index contributed by atoms with van der Waals surface area (Å²) in [6, 6.07) is 0.388. The Morgan fingerprint density at radius 1 is 1.06 bits per heavy atom. The molecule has 2 aliphatic rings. The first-order valence-electron chi connectivity index (χ1n) is 7.53. The highest BCUT2D eigenvalue weighted by molar-refractivity contribution is 5.75. The number of hydrogen-bond donors (Lipinski definition) is 3. The van der Waals surface area contributed by atoms with Crippen molar-refractivity contribution in [2.75, 3.05) is 6.54 Å².